The van der Waals surface area contributed by atoms with Gasteiger partial charge < -0.3 is 10.2 Å². The van der Waals surface area contributed by atoms with Crippen LogP contribution < -0.4 is 10.2 Å². The van der Waals surface area contributed by atoms with E-state index >= 15 is 0 Å². The molecule has 3 rings (SSSR count). The number of quaternary nitrogens is 1. The van der Waals surface area contributed by atoms with Crippen LogP contribution in [0.4, 0.5) is 10.1 Å². The third-order valence-electron chi connectivity index (χ3n) is 4.13. The number of thiophene rings is 1. The smallest absolute Gasteiger partial charge is 0.279 e. The molecule has 0 aliphatic carbocycles. The number of anilines is 1. The van der Waals surface area contributed by atoms with Crippen molar-refractivity contribution < 1.29 is 22.5 Å². The van der Waals surface area contributed by atoms with Gasteiger partial charge >= 0.3 is 0 Å². The van der Waals surface area contributed by atoms with Crippen LogP contribution in [0.1, 0.15) is 0 Å². The molecule has 1 saturated heterocycles. The molecule has 0 unspecified atom stereocenters. The van der Waals surface area contributed by atoms with Crippen molar-refractivity contribution in [3.05, 3.63) is 46.6 Å². The molecule has 0 bridgehead atoms. The van der Waals surface area contributed by atoms with Crippen molar-refractivity contribution in [3.63, 3.8) is 0 Å². The van der Waals surface area contributed by atoms with Crippen molar-refractivity contribution in [1.82, 2.24) is 4.31 Å². The quantitative estimate of drug-likeness (QED) is 0.763. The van der Waals surface area contributed by atoms with Crippen LogP contribution in [0.3, 0.4) is 0 Å². The zero-order valence-corrected chi connectivity index (χ0v) is 16.1. The zero-order chi connectivity index (χ0) is 18.7. The SMILES string of the molecule is O=C(C[NH+]1CCN(S(=O)(=O)c2cccs2)CC1)Nc1ccc(Cl)cc1F. The van der Waals surface area contributed by atoms with Crippen LogP contribution in [0.15, 0.2) is 39.9 Å². The Hall–Kier alpha value is -1.52. The number of nitrogens with zero attached hydrogens (tertiary/aromatic N) is 1. The average molecular weight is 419 g/mol. The van der Waals surface area contributed by atoms with Crippen molar-refractivity contribution in [2.24, 2.45) is 0 Å². The van der Waals surface area contributed by atoms with Crippen molar-refractivity contribution in [2.75, 3.05) is 38.0 Å². The van der Waals surface area contributed by atoms with E-state index in [0.29, 0.717) is 30.4 Å². The Kier molecular flexibility index (Phi) is 5.93. The summed E-state index contributed by atoms with van der Waals surface area (Å²) >= 11 is 6.88. The van der Waals surface area contributed by atoms with Crippen molar-refractivity contribution in [3.8, 4) is 0 Å². The molecule has 140 valence electrons. The van der Waals surface area contributed by atoms with Gasteiger partial charge in [0.05, 0.1) is 31.9 Å². The predicted molar refractivity (Wildman–Crippen MR) is 98.7 cm³/mol. The number of rotatable bonds is 5. The van der Waals surface area contributed by atoms with E-state index in [1.165, 1.54) is 27.8 Å². The number of hydrogen-bond acceptors (Lipinski definition) is 4. The summed E-state index contributed by atoms with van der Waals surface area (Å²) in [6.45, 7) is 1.87. The maximum atomic E-state index is 13.7. The molecule has 1 aliphatic rings. The Balaban J connectivity index is 1.53. The Morgan fingerprint density at radius 3 is 2.65 bits per heavy atom. The molecule has 1 aromatic carbocycles. The monoisotopic (exact) mass is 418 g/mol. The van der Waals surface area contributed by atoms with Gasteiger partial charge in [0.2, 0.25) is 0 Å². The van der Waals surface area contributed by atoms with Crippen LogP contribution in [-0.4, -0.2) is 51.4 Å². The molecule has 6 nitrogen and oxygen atoms in total. The van der Waals surface area contributed by atoms with Gasteiger partial charge in [-0.2, -0.15) is 4.31 Å². The minimum Gasteiger partial charge on any atom is -0.325 e. The fourth-order valence-electron chi connectivity index (χ4n) is 2.77. The topological polar surface area (TPSA) is 70.9 Å². The van der Waals surface area contributed by atoms with Crippen LogP contribution in [-0.2, 0) is 14.8 Å². The molecular formula is C16H18ClFN3O3S2+. The molecule has 1 fully saturated rings. The number of nitrogens with one attached hydrogen (secondary N) is 2. The summed E-state index contributed by atoms with van der Waals surface area (Å²) in [7, 11) is -3.45. The lowest BCUT2D eigenvalue weighted by Gasteiger charge is -2.30. The summed E-state index contributed by atoms with van der Waals surface area (Å²) in [6, 6.07) is 7.35. The van der Waals surface area contributed by atoms with Crippen LogP contribution in [0.5, 0.6) is 0 Å². The Labute approximate surface area is 160 Å². The van der Waals surface area contributed by atoms with E-state index in [-0.39, 0.29) is 23.2 Å². The highest BCUT2D eigenvalue weighted by molar-refractivity contribution is 7.91. The Morgan fingerprint density at radius 1 is 1.31 bits per heavy atom. The molecule has 1 amide bonds. The number of sulfonamides is 1. The molecule has 2 aromatic rings. The van der Waals surface area contributed by atoms with E-state index in [1.807, 2.05) is 0 Å². The van der Waals surface area contributed by atoms with Gasteiger partial charge in [0.15, 0.2) is 6.54 Å². The number of amides is 1. The normalized spacial score (nSPS) is 16.5. The number of carbonyl (C=O) groups excluding carboxylic acids is 1. The van der Waals surface area contributed by atoms with E-state index < -0.39 is 15.8 Å². The Bertz CT molecular complexity index is 882. The van der Waals surface area contributed by atoms with Crippen LogP contribution in [0.2, 0.25) is 5.02 Å². The first-order valence-electron chi connectivity index (χ1n) is 7.98. The fraction of sp³-hybridized carbons (Fsp3) is 0.312. The highest BCUT2D eigenvalue weighted by atomic mass is 35.5. The molecule has 1 aromatic heterocycles. The van der Waals surface area contributed by atoms with Crippen molar-refractivity contribution in [1.29, 1.82) is 0 Å². The van der Waals surface area contributed by atoms with Crippen LogP contribution >= 0.6 is 22.9 Å². The van der Waals surface area contributed by atoms with E-state index in [4.69, 9.17) is 11.6 Å². The minimum absolute atomic E-state index is 0.0812. The first-order valence-corrected chi connectivity index (χ1v) is 10.7. The third kappa shape index (κ3) is 4.41. The highest BCUT2D eigenvalue weighted by Gasteiger charge is 2.31. The number of hydrogen-bond donors (Lipinski definition) is 2. The zero-order valence-electron chi connectivity index (χ0n) is 13.7. The van der Waals surface area contributed by atoms with Gasteiger partial charge in [-0.15, -0.1) is 11.3 Å². The second-order valence-corrected chi connectivity index (χ2v) is 9.48. The molecule has 2 heterocycles. The van der Waals surface area contributed by atoms with Gasteiger partial charge in [-0.1, -0.05) is 17.7 Å². The summed E-state index contributed by atoms with van der Waals surface area (Å²) in [5.41, 5.74) is 0.0812. The second kappa shape index (κ2) is 8.01. The maximum absolute atomic E-state index is 13.7. The summed E-state index contributed by atoms with van der Waals surface area (Å²) in [5.74, 6) is -0.913. The molecule has 2 N–H and O–H groups in total. The first kappa shape index (κ1) is 19.2. The van der Waals surface area contributed by atoms with E-state index in [2.05, 4.69) is 5.32 Å². The van der Waals surface area contributed by atoms with Gasteiger partial charge in [0, 0.05) is 5.02 Å². The van der Waals surface area contributed by atoms with E-state index in [0.717, 1.165) is 11.0 Å². The van der Waals surface area contributed by atoms with Gasteiger partial charge in [-0.3, -0.25) is 4.79 Å². The lowest BCUT2D eigenvalue weighted by Crippen LogP contribution is -3.15. The molecular weight excluding hydrogens is 401 g/mol. The average Bonchev–Trinajstić information content (AvgIpc) is 3.13. The maximum Gasteiger partial charge on any atom is 0.279 e. The molecule has 0 radical (unpaired) electrons. The van der Waals surface area contributed by atoms with Gasteiger partial charge in [0.1, 0.15) is 10.0 Å². The van der Waals surface area contributed by atoms with Crippen LogP contribution in [0, 0.1) is 5.82 Å². The Morgan fingerprint density at radius 2 is 2.04 bits per heavy atom. The molecule has 0 spiro atoms. The molecule has 26 heavy (non-hydrogen) atoms. The second-order valence-electron chi connectivity index (χ2n) is 5.94. The standard InChI is InChI=1S/C16H17ClFN3O3S2/c17-12-3-4-14(13(18)10-12)19-15(22)11-20-5-7-21(8-6-20)26(23,24)16-2-1-9-25-16/h1-4,9-10H,5-8,11H2,(H,19,22)/p+1. The minimum atomic E-state index is -3.45. The van der Waals surface area contributed by atoms with E-state index in [1.54, 1.807) is 17.5 Å². The third-order valence-corrected chi connectivity index (χ3v) is 7.64. The molecule has 0 saturated carbocycles. The van der Waals surface area contributed by atoms with Crippen molar-refractivity contribution in [2.45, 2.75) is 4.21 Å². The molecule has 0 atom stereocenters. The lowest BCUT2D eigenvalue weighted by molar-refractivity contribution is -0.895. The molecule has 1 aliphatic heterocycles. The fourth-order valence-corrected chi connectivity index (χ4v) is 5.51. The van der Waals surface area contributed by atoms with Gasteiger partial charge in [-0.05, 0) is 29.6 Å². The summed E-state index contributed by atoms with van der Waals surface area (Å²) in [6.07, 6.45) is 0. The summed E-state index contributed by atoms with van der Waals surface area (Å²) in [5, 5.41) is 4.51. The highest BCUT2D eigenvalue weighted by Crippen LogP contribution is 2.21. The summed E-state index contributed by atoms with van der Waals surface area (Å²) < 4.78 is 40.5. The number of carbonyl (C=O) groups is 1. The predicted octanol–water partition coefficient (Wildman–Crippen LogP) is 1.07. The lowest BCUT2D eigenvalue weighted by atomic mass is 10.3. The number of piperazine rings is 1. The van der Waals surface area contributed by atoms with Gasteiger partial charge in [0.25, 0.3) is 15.9 Å². The first-order chi connectivity index (χ1) is 12.4. The van der Waals surface area contributed by atoms with Crippen LogP contribution in [0.25, 0.3) is 0 Å². The van der Waals surface area contributed by atoms with E-state index in [9.17, 15) is 17.6 Å². The number of halogens is 2. The summed E-state index contributed by atoms with van der Waals surface area (Å²) in [4.78, 5) is 13.1. The largest absolute Gasteiger partial charge is 0.325 e. The number of benzene rings is 1. The van der Waals surface area contributed by atoms with Crippen molar-refractivity contribution >= 4 is 44.6 Å². The van der Waals surface area contributed by atoms with Gasteiger partial charge in [-0.25, -0.2) is 12.8 Å². The molecule has 10 heteroatoms.